The molecule has 0 aliphatic carbocycles. The molecule has 0 radical (unpaired) electrons. The van der Waals surface area contributed by atoms with Crippen molar-refractivity contribution in [3.05, 3.63) is 23.9 Å². The molecule has 0 saturated heterocycles. The highest BCUT2D eigenvalue weighted by Gasteiger charge is 2.09. The maximum absolute atomic E-state index is 5.69. The zero-order valence-electron chi connectivity index (χ0n) is 10.9. The Morgan fingerprint density at radius 1 is 1.47 bits per heavy atom. The summed E-state index contributed by atoms with van der Waals surface area (Å²) in [6.45, 7) is 7.62. The maximum Gasteiger partial charge on any atom is 0.123 e. The number of anilines is 1. The number of thioether (sulfide) groups is 1. The van der Waals surface area contributed by atoms with Crippen LogP contribution in [0.25, 0.3) is 0 Å². The molecule has 0 aliphatic rings. The van der Waals surface area contributed by atoms with Gasteiger partial charge < -0.3 is 11.1 Å². The predicted molar refractivity (Wildman–Crippen MR) is 77.4 cm³/mol. The topological polar surface area (TPSA) is 50.9 Å². The second-order valence-corrected chi connectivity index (χ2v) is 6.04. The van der Waals surface area contributed by atoms with Crippen molar-refractivity contribution in [3.8, 4) is 0 Å². The first kappa shape index (κ1) is 14.3. The van der Waals surface area contributed by atoms with Crippen molar-refractivity contribution in [3.63, 3.8) is 0 Å². The molecule has 0 saturated carbocycles. The fourth-order valence-corrected chi connectivity index (χ4v) is 2.55. The van der Waals surface area contributed by atoms with Crippen LogP contribution in [0.3, 0.4) is 0 Å². The van der Waals surface area contributed by atoms with Crippen molar-refractivity contribution in [1.29, 1.82) is 0 Å². The number of nitrogen functional groups attached to an aromatic ring is 1. The summed E-state index contributed by atoms with van der Waals surface area (Å²) >= 11 is 1.99. The van der Waals surface area contributed by atoms with Crippen molar-refractivity contribution in [2.75, 3.05) is 18.0 Å². The largest absolute Gasteiger partial charge is 0.384 e. The smallest absolute Gasteiger partial charge is 0.123 e. The molecule has 3 nitrogen and oxygen atoms in total. The molecular formula is C13H23N3S. The number of aromatic nitrogens is 1. The van der Waals surface area contributed by atoms with Crippen LogP contribution in [0.5, 0.6) is 0 Å². The number of likely N-dealkylation sites (N-methyl/N-ethyl adjacent to an activating group) is 1. The molecule has 1 aromatic heterocycles. The fraction of sp³-hybridized carbons (Fsp3) is 0.615. The Kier molecular flexibility index (Phi) is 6.37. The number of nitrogens with zero attached hydrogens (tertiary/aromatic N) is 1. The first-order chi connectivity index (χ1) is 8.11. The third-order valence-corrected chi connectivity index (χ3v) is 3.71. The van der Waals surface area contributed by atoms with E-state index in [9.17, 15) is 0 Å². The van der Waals surface area contributed by atoms with Gasteiger partial charge in [0, 0.05) is 18.0 Å². The maximum atomic E-state index is 5.69. The van der Waals surface area contributed by atoms with E-state index in [0.717, 1.165) is 18.7 Å². The second kappa shape index (κ2) is 7.56. The Morgan fingerprint density at radius 3 is 2.82 bits per heavy atom. The van der Waals surface area contributed by atoms with E-state index in [0.29, 0.717) is 17.1 Å². The molecule has 17 heavy (non-hydrogen) atoms. The van der Waals surface area contributed by atoms with Crippen molar-refractivity contribution >= 4 is 17.6 Å². The van der Waals surface area contributed by atoms with Gasteiger partial charge in [-0.05, 0) is 35.9 Å². The highest BCUT2D eigenvalue weighted by molar-refractivity contribution is 7.99. The van der Waals surface area contributed by atoms with Gasteiger partial charge in [-0.15, -0.1) is 0 Å². The van der Waals surface area contributed by atoms with E-state index in [-0.39, 0.29) is 0 Å². The molecule has 1 rings (SSSR count). The van der Waals surface area contributed by atoms with Crippen molar-refractivity contribution in [2.24, 2.45) is 0 Å². The summed E-state index contributed by atoms with van der Waals surface area (Å²) < 4.78 is 0. The number of nitrogens with one attached hydrogen (secondary N) is 1. The quantitative estimate of drug-likeness (QED) is 0.783. The summed E-state index contributed by atoms with van der Waals surface area (Å²) in [6, 6.07) is 4.51. The summed E-state index contributed by atoms with van der Waals surface area (Å²) in [6.07, 6.45) is 2.80. The first-order valence-electron chi connectivity index (χ1n) is 6.17. The summed E-state index contributed by atoms with van der Waals surface area (Å²) in [5.41, 5.74) is 6.95. The van der Waals surface area contributed by atoms with Crippen LogP contribution in [-0.2, 0) is 6.42 Å². The van der Waals surface area contributed by atoms with E-state index in [4.69, 9.17) is 5.73 Å². The van der Waals surface area contributed by atoms with Gasteiger partial charge in [-0.3, -0.25) is 0 Å². The van der Waals surface area contributed by atoms with E-state index in [1.54, 1.807) is 6.20 Å². The number of rotatable bonds is 7. The Hall–Kier alpha value is -0.740. The lowest BCUT2D eigenvalue weighted by Crippen LogP contribution is -2.33. The monoisotopic (exact) mass is 253 g/mol. The fourth-order valence-electron chi connectivity index (χ4n) is 1.69. The molecule has 96 valence electrons. The molecule has 0 amide bonds. The molecular weight excluding hydrogens is 230 g/mol. The lowest BCUT2D eigenvalue weighted by molar-refractivity contribution is 0.572. The van der Waals surface area contributed by atoms with Crippen LogP contribution in [-0.4, -0.2) is 28.6 Å². The van der Waals surface area contributed by atoms with Gasteiger partial charge in [0.25, 0.3) is 0 Å². The number of hydrogen-bond donors (Lipinski definition) is 2. The Morgan fingerprint density at radius 2 is 2.24 bits per heavy atom. The van der Waals surface area contributed by atoms with Crippen molar-refractivity contribution in [2.45, 2.75) is 38.5 Å². The molecule has 1 unspecified atom stereocenters. The van der Waals surface area contributed by atoms with Crippen molar-refractivity contribution in [1.82, 2.24) is 10.3 Å². The summed E-state index contributed by atoms with van der Waals surface area (Å²) in [5, 5.41) is 4.20. The van der Waals surface area contributed by atoms with Crippen LogP contribution >= 0.6 is 11.8 Å². The van der Waals surface area contributed by atoms with Crippen molar-refractivity contribution < 1.29 is 0 Å². The molecule has 1 aromatic rings. The third kappa shape index (κ3) is 5.94. The van der Waals surface area contributed by atoms with Crippen LogP contribution < -0.4 is 11.1 Å². The molecule has 4 heteroatoms. The lowest BCUT2D eigenvalue weighted by atomic mass is 10.1. The van der Waals surface area contributed by atoms with E-state index >= 15 is 0 Å². The molecule has 1 atom stereocenters. The Balaban J connectivity index is 2.53. The van der Waals surface area contributed by atoms with Gasteiger partial charge in [-0.25, -0.2) is 4.98 Å². The molecule has 1 heterocycles. The van der Waals surface area contributed by atoms with E-state index in [2.05, 4.69) is 31.1 Å². The summed E-state index contributed by atoms with van der Waals surface area (Å²) in [5.74, 6) is 1.74. The standard InChI is InChI=1S/C13H23N3S/c1-4-15-12(9-17-10(2)3)7-11-5-6-16-13(14)8-11/h5-6,8,10,12,15H,4,7,9H2,1-3H3,(H2,14,16). The normalized spacial score (nSPS) is 12.9. The van der Waals surface area contributed by atoms with Gasteiger partial charge in [-0.1, -0.05) is 20.8 Å². The Labute approximate surface area is 109 Å². The number of hydrogen-bond acceptors (Lipinski definition) is 4. The highest BCUT2D eigenvalue weighted by atomic mass is 32.2. The number of nitrogens with two attached hydrogens (primary N) is 1. The van der Waals surface area contributed by atoms with Crippen LogP contribution in [0.4, 0.5) is 5.82 Å². The van der Waals surface area contributed by atoms with Gasteiger partial charge in [0.2, 0.25) is 0 Å². The van der Waals surface area contributed by atoms with E-state index < -0.39 is 0 Å². The molecule has 0 bridgehead atoms. The van der Waals surface area contributed by atoms with Crippen LogP contribution in [0.2, 0.25) is 0 Å². The predicted octanol–water partition coefficient (Wildman–Crippen LogP) is 2.33. The molecule has 0 fully saturated rings. The molecule has 3 N–H and O–H groups in total. The molecule has 0 spiro atoms. The first-order valence-corrected chi connectivity index (χ1v) is 7.22. The average Bonchev–Trinajstić information content (AvgIpc) is 2.26. The average molecular weight is 253 g/mol. The Bertz CT molecular complexity index is 328. The second-order valence-electron chi connectivity index (χ2n) is 4.43. The minimum Gasteiger partial charge on any atom is -0.384 e. The highest BCUT2D eigenvalue weighted by Crippen LogP contribution is 2.14. The zero-order valence-corrected chi connectivity index (χ0v) is 11.8. The molecule has 0 aromatic carbocycles. The summed E-state index contributed by atoms with van der Waals surface area (Å²) in [4.78, 5) is 4.02. The number of pyridine rings is 1. The van der Waals surface area contributed by atoms with Gasteiger partial charge in [0.05, 0.1) is 0 Å². The van der Waals surface area contributed by atoms with Gasteiger partial charge in [-0.2, -0.15) is 11.8 Å². The zero-order chi connectivity index (χ0) is 12.7. The van der Waals surface area contributed by atoms with Crippen LogP contribution in [0, 0.1) is 0 Å². The van der Waals surface area contributed by atoms with E-state index in [1.807, 2.05) is 23.9 Å². The SMILES string of the molecule is CCNC(CSC(C)C)Cc1ccnc(N)c1. The molecule has 0 aliphatic heterocycles. The van der Waals surface area contributed by atoms with Gasteiger partial charge in [0.15, 0.2) is 0 Å². The van der Waals surface area contributed by atoms with Crippen LogP contribution in [0.15, 0.2) is 18.3 Å². The van der Waals surface area contributed by atoms with Gasteiger partial charge >= 0.3 is 0 Å². The third-order valence-electron chi connectivity index (χ3n) is 2.45. The van der Waals surface area contributed by atoms with Crippen LogP contribution in [0.1, 0.15) is 26.3 Å². The minimum atomic E-state index is 0.509. The minimum absolute atomic E-state index is 0.509. The van der Waals surface area contributed by atoms with E-state index in [1.165, 1.54) is 5.56 Å². The lowest BCUT2D eigenvalue weighted by Gasteiger charge is -2.18. The van der Waals surface area contributed by atoms with Gasteiger partial charge in [0.1, 0.15) is 5.82 Å². The summed E-state index contributed by atoms with van der Waals surface area (Å²) in [7, 11) is 0.